The number of aryl methyl sites for hydroxylation is 2. The molecule has 1 aromatic heterocycles. The molecule has 2 N–H and O–H groups in total. The normalized spacial score (nSPS) is 16.3. The van der Waals surface area contributed by atoms with Gasteiger partial charge in [-0.05, 0) is 86.2 Å². The number of aromatic nitrogens is 1. The molecule has 0 amide bonds. The Balaban J connectivity index is 1.63. The van der Waals surface area contributed by atoms with Crippen LogP contribution in [0.15, 0.2) is 53.3 Å². The second-order valence-electron chi connectivity index (χ2n) is 8.96. The molecule has 1 aliphatic heterocycles. The number of likely N-dealkylation sites (N-methyl/N-ethyl adjacent to an activating group) is 1. The standard InChI is InChI=1S/C27H34N4OS/c1-4-20-9-6-7-11-24(20)29-27(33)31(18-23-10-8-14-30(23)5-2)17-22-16-21-13-12-19(3)15-25(21)28-26(22)32/h6-7,9,11-13,15-16,23H,4-5,8,10,14,17-18H2,1-3H3,(H,28,32)(H,29,33)/t23-/m0/s1. The third kappa shape index (κ3) is 5.45. The van der Waals surface area contributed by atoms with Gasteiger partial charge in [-0.1, -0.05) is 44.2 Å². The highest BCUT2D eigenvalue weighted by atomic mass is 32.1. The number of hydrogen-bond acceptors (Lipinski definition) is 3. The Hall–Kier alpha value is -2.70. The second-order valence-corrected chi connectivity index (χ2v) is 9.35. The lowest BCUT2D eigenvalue weighted by Crippen LogP contribution is -2.45. The maximum atomic E-state index is 13.0. The summed E-state index contributed by atoms with van der Waals surface area (Å²) < 4.78 is 0. The zero-order valence-electron chi connectivity index (χ0n) is 19.9. The van der Waals surface area contributed by atoms with Crippen molar-refractivity contribution in [2.24, 2.45) is 0 Å². The van der Waals surface area contributed by atoms with Crippen molar-refractivity contribution in [3.05, 3.63) is 75.6 Å². The van der Waals surface area contributed by atoms with Gasteiger partial charge >= 0.3 is 0 Å². The highest BCUT2D eigenvalue weighted by Gasteiger charge is 2.27. The second kappa shape index (κ2) is 10.5. The van der Waals surface area contributed by atoms with Crippen LogP contribution in [0.5, 0.6) is 0 Å². The lowest BCUT2D eigenvalue weighted by Gasteiger charge is -2.32. The maximum absolute atomic E-state index is 13.0. The van der Waals surface area contributed by atoms with Crippen molar-refractivity contribution in [3.63, 3.8) is 0 Å². The molecule has 6 heteroatoms. The van der Waals surface area contributed by atoms with Crippen LogP contribution >= 0.6 is 12.2 Å². The van der Waals surface area contributed by atoms with Crippen LogP contribution in [0.3, 0.4) is 0 Å². The topological polar surface area (TPSA) is 51.4 Å². The summed E-state index contributed by atoms with van der Waals surface area (Å²) in [4.78, 5) is 20.7. The summed E-state index contributed by atoms with van der Waals surface area (Å²) in [5, 5.41) is 5.19. The van der Waals surface area contributed by atoms with Crippen molar-refractivity contribution < 1.29 is 0 Å². The van der Waals surface area contributed by atoms with Crippen molar-refractivity contribution >= 4 is 33.9 Å². The molecule has 2 aromatic carbocycles. The Labute approximate surface area is 201 Å². The zero-order valence-corrected chi connectivity index (χ0v) is 20.7. The fourth-order valence-electron chi connectivity index (χ4n) is 4.82. The van der Waals surface area contributed by atoms with E-state index in [2.05, 4.69) is 64.3 Å². The van der Waals surface area contributed by atoms with Crippen LogP contribution in [-0.2, 0) is 13.0 Å². The van der Waals surface area contributed by atoms with Crippen LogP contribution in [0.2, 0.25) is 0 Å². The van der Waals surface area contributed by atoms with Gasteiger partial charge in [0.05, 0.1) is 6.54 Å². The number of likely N-dealkylation sites (tertiary alicyclic amines) is 1. The van der Waals surface area contributed by atoms with Crippen LogP contribution in [-0.4, -0.2) is 45.6 Å². The molecule has 5 nitrogen and oxygen atoms in total. The van der Waals surface area contributed by atoms with Crippen LogP contribution in [0, 0.1) is 6.92 Å². The molecule has 4 rings (SSSR count). The molecule has 0 spiro atoms. The molecule has 1 aliphatic rings. The maximum Gasteiger partial charge on any atom is 0.253 e. The molecule has 3 aromatic rings. The number of nitrogens with one attached hydrogen (secondary N) is 2. The molecule has 0 saturated carbocycles. The van der Waals surface area contributed by atoms with Gasteiger partial charge in [0.15, 0.2) is 5.11 Å². The predicted octanol–water partition coefficient (Wildman–Crippen LogP) is 5.08. The Kier molecular flexibility index (Phi) is 7.46. The van der Waals surface area contributed by atoms with Crippen molar-refractivity contribution in [2.75, 3.05) is 25.0 Å². The number of hydrogen-bond donors (Lipinski definition) is 2. The number of thiocarbonyl (C=S) groups is 1. The molecule has 0 aliphatic carbocycles. The van der Waals surface area contributed by atoms with Crippen molar-refractivity contribution in [2.45, 2.75) is 52.6 Å². The van der Waals surface area contributed by atoms with E-state index in [-0.39, 0.29) is 5.56 Å². The highest BCUT2D eigenvalue weighted by molar-refractivity contribution is 7.80. The smallest absolute Gasteiger partial charge is 0.253 e. The van der Waals surface area contributed by atoms with Gasteiger partial charge in [0.25, 0.3) is 5.56 Å². The molecule has 2 heterocycles. The van der Waals surface area contributed by atoms with E-state index in [1.807, 2.05) is 25.1 Å². The third-order valence-electron chi connectivity index (χ3n) is 6.70. The number of H-pyrrole nitrogens is 1. The van der Waals surface area contributed by atoms with Crippen LogP contribution in [0.4, 0.5) is 5.69 Å². The van der Waals surface area contributed by atoms with Gasteiger partial charge in [-0.25, -0.2) is 0 Å². The lowest BCUT2D eigenvalue weighted by molar-refractivity contribution is 0.221. The van der Waals surface area contributed by atoms with E-state index >= 15 is 0 Å². The number of benzene rings is 2. The van der Waals surface area contributed by atoms with Crippen molar-refractivity contribution in [1.29, 1.82) is 0 Å². The number of nitrogens with zero attached hydrogens (tertiary/aromatic N) is 2. The molecule has 33 heavy (non-hydrogen) atoms. The summed E-state index contributed by atoms with van der Waals surface area (Å²) in [6.45, 7) is 9.85. The van der Waals surface area contributed by atoms with Gasteiger partial charge in [-0.15, -0.1) is 0 Å². The summed E-state index contributed by atoms with van der Waals surface area (Å²) in [6, 6.07) is 16.9. The first-order valence-electron chi connectivity index (χ1n) is 12.0. The summed E-state index contributed by atoms with van der Waals surface area (Å²) in [5.74, 6) is 0. The Morgan fingerprint density at radius 2 is 2.00 bits per heavy atom. The summed E-state index contributed by atoms with van der Waals surface area (Å²) in [7, 11) is 0. The summed E-state index contributed by atoms with van der Waals surface area (Å²) >= 11 is 5.91. The summed E-state index contributed by atoms with van der Waals surface area (Å²) in [6.07, 6.45) is 3.30. The number of pyridine rings is 1. The largest absolute Gasteiger partial charge is 0.343 e. The van der Waals surface area contributed by atoms with Crippen molar-refractivity contribution in [1.82, 2.24) is 14.8 Å². The van der Waals surface area contributed by atoms with Gasteiger partial charge in [0.2, 0.25) is 0 Å². The van der Waals surface area contributed by atoms with E-state index in [4.69, 9.17) is 12.2 Å². The monoisotopic (exact) mass is 462 g/mol. The molecule has 1 fully saturated rings. The van der Waals surface area contributed by atoms with Crippen LogP contribution in [0.25, 0.3) is 10.9 Å². The molecule has 1 saturated heterocycles. The minimum absolute atomic E-state index is 0.0476. The quantitative estimate of drug-likeness (QED) is 0.480. The van der Waals surface area contributed by atoms with E-state index in [0.29, 0.717) is 17.7 Å². The number of anilines is 1. The van der Waals surface area contributed by atoms with E-state index in [9.17, 15) is 4.79 Å². The Morgan fingerprint density at radius 1 is 1.18 bits per heavy atom. The van der Waals surface area contributed by atoms with E-state index < -0.39 is 0 Å². The van der Waals surface area contributed by atoms with E-state index in [0.717, 1.165) is 60.2 Å². The van der Waals surface area contributed by atoms with Crippen LogP contribution < -0.4 is 10.9 Å². The first kappa shape index (κ1) is 23.5. The summed E-state index contributed by atoms with van der Waals surface area (Å²) in [5.41, 5.74) is 4.97. The molecule has 0 radical (unpaired) electrons. The molecule has 0 unspecified atom stereocenters. The minimum Gasteiger partial charge on any atom is -0.343 e. The van der Waals surface area contributed by atoms with Gasteiger partial charge in [-0.3, -0.25) is 9.69 Å². The van der Waals surface area contributed by atoms with E-state index in [1.54, 1.807) is 0 Å². The van der Waals surface area contributed by atoms with E-state index in [1.165, 1.54) is 12.0 Å². The molecule has 0 bridgehead atoms. The average molecular weight is 463 g/mol. The number of fused-ring (bicyclic) bond motifs is 1. The third-order valence-corrected chi connectivity index (χ3v) is 7.06. The lowest BCUT2D eigenvalue weighted by atomic mass is 10.1. The fraction of sp³-hybridized carbons (Fsp3) is 0.407. The first-order chi connectivity index (χ1) is 16.0. The Morgan fingerprint density at radius 3 is 2.79 bits per heavy atom. The molecule has 1 atom stereocenters. The van der Waals surface area contributed by atoms with Gasteiger partial charge in [0.1, 0.15) is 0 Å². The number of aromatic amines is 1. The first-order valence-corrected chi connectivity index (χ1v) is 12.4. The average Bonchev–Trinajstić information content (AvgIpc) is 3.26. The minimum atomic E-state index is -0.0476. The Bertz CT molecular complexity index is 1190. The fourth-order valence-corrected chi connectivity index (χ4v) is 5.07. The van der Waals surface area contributed by atoms with Crippen LogP contribution in [0.1, 0.15) is 43.4 Å². The van der Waals surface area contributed by atoms with Gasteiger partial charge in [0, 0.05) is 29.4 Å². The number of rotatable bonds is 7. The molecule has 174 valence electrons. The molecular formula is C27H34N4OS. The van der Waals surface area contributed by atoms with Crippen molar-refractivity contribution in [3.8, 4) is 0 Å². The predicted molar refractivity (Wildman–Crippen MR) is 142 cm³/mol. The SMILES string of the molecule is CCc1ccccc1NC(=S)N(Cc1cc2ccc(C)cc2[nH]c1=O)C[C@@H]1CCCN1CC. The number of para-hydroxylation sites is 1. The van der Waals surface area contributed by atoms with Gasteiger partial charge < -0.3 is 15.2 Å². The highest BCUT2D eigenvalue weighted by Crippen LogP contribution is 2.21. The zero-order chi connectivity index (χ0) is 23.4. The molecular weight excluding hydrogens is 428 g/mol. The van der Waals surface area contributed by atoms with Gasteiger partial charge in [-0.2, -0.15) is 0 Å².